The number of rotatable bonds is 3. The largest absolute Gasteiger partial charge is 0.368 e. The molecule has 7 heteroatoms. The van der Waals surface area contributed by atoms with Crippen LogP contribution in [0.4, 0.5) is 0 Å². The van der Waals surface area contributed by atoms with Crippen LogP contribution >= 0.6 is 11.3 Å². The minimum absolute atomic E-state index is 0.316. The first kappa shape index (κ1) is 14.5. The van der Waals surface area contributed by atoms with Gasteiger partial charge in [-0.25, -0.2) is 8.42 Å². The Labute approximate surface area is 127 Å². The molecule has 1 atom stereocenters. The molecule has 1 aliphatic heterocycles. The molecular weight excluding hydrogens is 308 g/mol. The summed E-state index contributed by atoms with van der Waals surface area (Å²) in [6, 6.07) is 6.69. The Morgan fingerprint density at radius 3 is 2.81 bits per heavy atom. The molecule has 3 rings (SSSR count). The summed E-state index contributed by atoms with van der Waals surface area (Å²) in [5.41, 5.74) is 5.35. The third-order valence-electron chi connectivity index (χ3n) is 3.81. The van der Waals surface area contributed by atoms with Crippen molar-refractivity contribution < 1.29 is 13.2 Å². The molecule has 5 nitrogen and oxygen atoms in total. The fraction of sp³-hybridized carbons (Fsp3) is 0.357. The lowest BCUT2D eigenvalue weighted by Crippen LogP contribution is -2.43. The van der Waals surface area contributed by atoms with Crippen molar-refractivity contribution in [3.8, 4) is 0 Å². The van der Waals surface area contributed by atoms with E-state index in [1.807, 2.05) is 18.2 Å². The number of thiophene rings is 1. The van der Waals surface area contributed by atoms with Gasteiger partial charge in [0.2, 0.25) is 15.9 Å². The molecule has 1 amide bonds. The molecule has 1 aromatic carbocycles. The molecule has 1 aliphatic rings. The number of hydrogen-bond acceptors (Lipinski definition) is 4. The van der Waals surface area contributed by atoms with Gasteiger partial charge in [-0.15, -0.1) is 11.3 Å². The topological polar surface area (TPSA) is 80.5 Å². The normalized spacial score (nSPS) is 20.1. The van der Waals surface area contributed by atoms with Crippen LogP contribution in [-0.4, -0.2) is 31.2 Å². The summed E-state index contributed by atoms with van der Waals surface area (Å²) < 4.78 is 28.1. The Kier molecular flexibility index (Phi) is 3.51. The first-order chi connectivity index (χ1) is 9.93. The molecule has 1 saturated heterocycles. The minimum atomic E-state index is -3.70. The van der Waals surface area contributed by atoms with Crippen LogP contribution in [0.3, 0.4) is 0 Å². The van der Waals surface area contributed by atoms with Gasteiger partial charge in [-0.1, -0.05) is 18.2 Å². The predicted octanol–water partition coefficient (Wildman–Crippen LogP) is 1.85. The fourth-order valence-electron chi connectivity index (χ4n) is 2.89. The zero-order chi connectivity index (χ0) is 15.2. The van der Waals surface area contributed by atoms with Gasteiger partial charge in [0.15, 0.2) is 0 Å². The number of benzene rings is 1. The number of fused-ring (bicyclic) bond motifs is 1. The van der Waals surface area contributed by atoms with Gasteiger partial charge in [-0.3, -0.25) is 4.79 Å². The zero-order valence-corrected chi connectivity index (χ0v) is 13.2. The molecule has 0 saturated carbocycles. The number of carbonyl (C=O) groups excluding carboxylic acids is 1. The van der Waals surface area contributed by atoms with Crippen molar-refractivity contribution in [2.24, 2.45) is 5.73 Å². The lowest BCUT2D eigenvalue weighted by Gasteiger charge is -2.21. The number of aryl methyl sites for hydroxylation is 1. The van der Waals surface area contributed by atoms with E-state index in [4.69, 9.17) is 5.73 Å². The molecule has 0 spiro atoms. The van der Waals surface area contributed by atoms with Gasteiger partial charge in [-0.05, 0) is 25.8 Å². The highest BCUT2D eigenvalue weighted by atomic mass is 32.2. The highest BCUT2D eigenvalue weighted by Crippen LogP contribution is 2.37. The molecule has 2 heterocycles. The molecule has 0 aliphatic carbocycles. The average Bonchev–Trinajstić information content (AvgIpc) is 3.01. The monoisotopic (exact) mass is 324 g/mol. The summed E-state index contributed by atoms with van der Waals surface area (Å²) in [7, 11) is -3.70. The molecule has 1 aromatic heterocycles. The Morgan fingerprint density at radius 2 is 2.10 bits per heavy atom. The first-order valence-corrected chi connectivity index (χ1v) is 8.98. The predicted molar refractivity (Wildman–Crippen MR) is 82.7 cm³/mol. The quantitative estimate of drug-likeness (QED) is 0.935. The number of amides is 1. The van der Waals surface area contributed by atoms with Crippen molar-refractivity contribution in [3.63, 3.8) is 0 Å². The minimum Gasteiger partial charge on any atom is -0.368 e. The van der Waals surface area contributed by atoms with Crippen LogP contribution in [0, 0.1) is 6.92 Å². The van der Waals surface area contributed by atoms with Crippen molar-refractivity contribution in [3.05, 3.63) is 29.1 Å². The van der Waals surface area contributed by atoms with Crippen LogP contribution < -0.4 is 5.73 Å². The summed E-state index contributed by atoms with van der Waals surface area (Å²) in [5.74, 6) is -0.576. The van der Waals surface area contributed by atoms with Crippen LogP contribution in [0.1, 0.15) is 17.7 Å². The van der Waals surface area contributed by atoms with Crippen LogP contribution in [0.5, 0.6) is 0 Å². The van der Waals surface area contributed by atoms with Crippen LogP contribution in [-0.2, 0) is 14.8 Å². The Bertz CT molecular complexity index is 811. The molecule has 2 aromatic rings. The molecule has 112 valence electrons. The average molecular weight is 324 g/mol. The number of nitrogens with two attached hydrogens (primary N) is 1. The Hall–Kier alpha value is -1.44. The lowest BCUT2D eigenvalue weighted by atomic mass is 10.2. The fourth-order valence-corrected chi connectivity index (χ4v) is 6.33. The highest BCUT2D eigenvalue weighted by Gasteiger charge is 2.40. The summed E-state index contributed by atoms with van der Waals surface area (Å²) >= 11 is 1.45. The van der Waals surface area contributed by atoms with Crippen LogP contribution in [0.2, 0.25) is 0 Å². The maximum Gasteiger partial charge on any atom is 0.245 e. The smallest absolute Gasteiger partial charge is 0.245 e. The van der Waals surface area contributed by atoms with Crippen LogP contribution in [0.25, 0.3) is 10.1 Å². The van der Waals surface area contributed by atoms with E-state index in [2.05, 4.69) is 0 Å². The van der Waals surface area contributed by atoms with E-state index in [0.717, 1.165) is 15.0 Å². The molecule has 0 bridgehead atoms. The van der Waals surface area contributed by atoms with Gasteiger partial charge in [0, 0.05) is 21.5 Å². The number of primary amides is 1. The maximum absolute atomic E-state index is 13.0. The van der Waals surface area contributed by atoms with E-state index in [1.54, 1.807) is 13.0 Å². The molecule has 21 heavy (non-hydrogen) atoms. The van der Waals surface area contributed by atoms with Crippen molar-refractivity contribution in [2.45, 2.75) is 30.7 Å². The second kappa shape index (κ2) is 5.08. The van der Waals surface area contributed by atoms with Gasteiger partial charge in [-0.2, -0.15) is 4.31 Å². The molecule has 1 fully saturated rings. The van der Waals surface area contributed by atoms with Crippen molar-refractivity contribution >= 4 is 37.4 Å². The van der Waals surface area contributed by atoms with Gasteiger partial charge in [0.25, 0.3) is 0 Å². The second-order valence-electron chi connectivity index (χ2n) is 5.16. The summed E-state index contributed by atoms with van der Waals surface area (Å²) in [6.45, 7) is 2.15. The standard InChI is InChI=1S/C14H16N2O3S2/c1-9-13(10-5-2-3-7-12(10)20-9)21(18,19)16-8-4-6-11(16)14(15)17/h2-3,5,7,11H,4,6,8H2,1H3,(H2,15,17)/t11-/m0/s1. The van der Waals surface area contributed by atoms with Crippen molar-refractivity contribution in [1.29, 1.82) is 0 Å². The first-order valence-electron chi connectivity index (χ1n) is 6.72. The van der Waals surface area contributed by atoms with E-state index in [-0.39, 0.29) is 0 Å². The Balaban J connectivity index is 2.17. The van der Waals surface area contributed by atoms with Gasteiger partial charge in [0.1, 0.15) is 10.9 Å². The van der Waals surface area contributed by atoms with Gasteiger partial charge >= 0.3 is 0 Å². The van der Waals surface area contributed by atoms with E-state index in [1.165, 1.54) is 15.6 Å². The number of sulfonamides is 1. The van der Waals surface area contributed by atoms with Crippen molar-refractivity contribution in [1.82, 2.24) is 4.31 Å². The summed E-state index contributed by atoms with van der Waals surface area (Å²) in [6.07, 6.45) is 1.16. The van der Waals surface area contributed by atoms with E-state index in [9.17, 15) is 13.2 Å². The van der Waals surface area contributed by atoms with Crippen LogP contribution in [0.15, 0.2) is 29.2 Å². The SMILES string of the molecule is Cc1sc2ccccc2c1S(=O)(=O)N1CCC[C@H]1C(N)=O. The lowest BCUT2D eigenvalue weighted by molar-refractivity contribution is -0.121. The van der Waals surface area contributed by atoms with Gasteiger partial charge in [0.05, 0.1) is 0 Å². The van der Waals surface area contributed by atoms with Gasteiger partial charge < -0.3 is 5.73 Å². The third kappa shape index (κ3) is 2.25. The number of hydrogen-bond donors (Lipinski definition) is 1. The Morgan fingerprint density at radius 1 is 1.38 bits per heavy atom. The third-order valence-corrected chi connectivity index (χ3v) is 7.13. The molecule has 0 unspecified atom stereocenters. The highest BCUT2D eigenvalue weighted by molar-refractivity contribution is 7.89. The summed E-state index contributed by atoms with van der Waals surface area (Å²) in [5, 5.41) is 0.718. The molecule has 2 N–H and O–H groups in total. The van der Waals surface area contributed by atoms with E-state index < -0.39 is 22.0 Å². The number of nitrogens with zero attached hydrogens (tertiary/aromatic N) is 1. The van der Waals surface area contributed by atoms with E-state index >= 15 is 0 Å². The maximum atomic E-state index is 13.0. The van der Waals surface area contributed by atoms with E-state index in [0.29, 0.717) is 24.3 Å². The van der Waals surface area contributed by atoms with Crippen molar-refractivity contribution in [2.75, 3.05) is 6.54 Å². The molecule has 0 radical (unpaired) electrons. The molecular formula is C14H16N2O3S2. The number of carbonyl (C=O) groups is 1. The zero-order valence-electron chi connectivity index (χ0n) is 11.6. The second-order valence-corrected chi connectivity index (χ2v) is 8.24. The summed E-state index contributed by atoms with van der Waals surface area (Å²) in [4.78, 5) is 12.6.